The van der Waals surface area contributed by atoms with Crippen molar-refractivity contribution in [3.8, 4) is 5.75 Å². The third-order valence-electron chi connectivity index (χ3n) is 3.71. The van der Waals surface area contributed by atoms with Gasteiger partial charge in [-0.3, -0.25) is 4.90 Å². The number of hydrogen-bond donors (Lipinski definition) is 1. The Morgan fingerprint density at radius 3 is 3.00 bits per heavy atom. The van der Waals surface area contributed by atoms with Crippen LogP contribution < -0.4 is 10.1 Å². The highest BCUT2D eigenvalue weighted by atomic mass is 16.5. The SMILES string of the molecule is CCN1CC(C)(Oc2ccc3c(c2)CCN3)C1. The summed E-state index contributed by atoms with van der Waals surface area (Å²) in [6, 6.07) is 6.41. The van der Waals surface area contributed by atoms with Gasteiger partial charge in [0.05, 0.1) is 0 Å². The van der Waals surface area contributed by atoms with E-state index in [1.54, 1.807) is 0 Å². The number of anilines is 1. The molecule has 0 aromatic heterocycles. The number of likely N-dealkylation sites (tertiary alicyclic amines) is 1. The number of nitrogens with one attached hydrogen (secondary N) is 1. The second-order valence-corrected chi connectivity index (χ2v) is 5.35. The first-order valence-electron chi connectivity index (χ1n) is 6.47. The predicted molar refractivity (Wildman–Crippen MR) is 69.8 cm³/mol. The zero-order valence-corrected chi connectivity index (χ0v) is 10.6. The summed E-state index contributed by atoms with van der Waals surface area (Å²) in [5, 5.41) is 3.37. The van der Waals surface area contributed by atoms with E-state index in [-0.39, 0.29) is 5.60 Å². The Bertz CT molecular complexity index is 424. The van der Waals surface area contributed by atoms with E-state index >= 15 is 0 Å². The van der Waals surface area contributed by atoms with Gasteiger partial charge in [0.2, 0.25) is 0 Å². The lowest BCUT2D eigenvalue weighted by Crippen LogP contribution is -2.62. The second kappa shape index (κ2) is 3.91. The van der Waals surface area contributed by atoms with E-state index in [2.05, 4.69) is 42.3 Å². The Morgan fingerprint density at radius 1 is 1.41 bits per heavy atom. The van der Waals surface area contributed by atoms with Crippen LogP contribution in [-0.4, -0.2) is 36.7 Å². The fraction of sp³-hybridized carbons (Fsp3) is 0.571. The van der Waals surface area contributed by atoms with Crippen LogP contribution in [0.15, 0.2) is 18.2 Å². The molecule has 1 N–H and O–H groups in total. The van der Waals surface area contributed by atoms with Crippen molar-refractivity contribution in [1.29, 1.82) is 0 Å². The Labute approximate surface area is 103 Å². The van der Waals surface area contributed by atoms with Crippen LogP contribution >= 0.6 is 0 Å². The smallest absolute Gasteiger partial charge is 0.131 e. The molecule has 0 spiro atoms. The van der Waals surface area contributed by atoms with Crippen molar-refractivity contribution in [1.82, 2.24) is 4.90 Å². The number of likely N-dealkylation sites (N-methyl/N-ethyl adjacent to an activating group) is 1. The summed E-state index contributed by atoms with van der Waals surface area (Å²) >= 11 is 0. The van der Waals surface area contributed by atoms with Gasteiger partial charge in [0.1, 0.15) is 11.4 Å². The number of rotatable bonds is 3. The summed E-state index contributed by atoms with van der Waals surface area (Å²) in [5.41, 5.74) is 2.67. The van der Waals surface area contributed by atoms with Gasteiger partial charge in [0.25, 0.3) is 0 Å². The van der Waals surface area contributed by atoms with Crippen LogP contribution in [0.5, 0.6) is 5.75 Å². The van der Waals surface area contributed by atoms with Gasteiger partial charge in [-0.15, -0.1) is 0 Å². The molecule has 0 bridgehead atoms. The van der Waals surface area contributed by atoms with Crippen LogP contribution in [0.25, 0.3) is 0 Å². The summed E-state index contributed by atoms with van der Waals surface area (Å²) in [5.74, 6) is 1.02. The lowest BCUT2D eigenvalue weighted by molar-refractivity contribution is -0.0605. The molecule has 0 saturated carbocycles. The lowest BCUT2D eigenvalue weighted by Gasteiger charge is -2.47. The number of hydrogen-bond acceptors (Lipinski definition) is 3. The Hall–Kier alpha value is -1.22. The molecule has 92 valence electrons. The maximum Gasteiger partial charge on any atom is 0.131 e. The normalized spacial score (nSPS) is 21.5. The van der Waals surface area contributed by atoms with Crippen molar-refractivity contribution in [3.05, 3.63) is 23.8 Å². The Morgan fingerprint density at radius 2 is 2.24 bits per heavy atom. The van der Waals surface area contributed by atoms with Crippen molar-refractivity contribution in [2.75, 3.05) is 31.5 Å². The van der Waals surface area contributed by atoms with E-state index in [9.17, 15) is 0 Å². The van der Waals surface area contributed by atoms with Gasteiger partial charge in [0, 0.05) is 25.3 Å². The van der Waals surface area contributed by atoms with Gasteiger partial charge in [-0.25, -0.2) is 0 Å². The van der Waals surface area contributed by atoms with E-state index in [0.717, 1.165) is 38.3 Å². The highest BCUT2D eigenvalue weighted by Gasteiger charge is 2.40. The van der Waals surface area contributed by atoms with E-state index in [4.69, 9.17) is 4.74 Å². The van der Waals surface area contributed by atoms with Gasteiger partial charge in [0.15, 0.2) is 0 Å². The molecule has 1 fully saturated rings. The van der Waals surface area contributed by atoms with Crippen molar-refractivity contribution >= 4 is 5.69 Å². The molecule has 2 aliphatic rings. The molecule has 1 aromatic carbocycles. The van der Waals surface area contributed by atoms with Crippen molar-refractivity contribution < 1.29 is 4.74 Å². The summed E-state index contributed by atoms with van der Waals surface area (Å²) in [6.07, 6.45) is 1.12. The summed E-state index contributed by atoms with van der Waals surface area (Å²) in [4.78, 5) is 2.40. The van der Waals surface area contributed by atoms with Crippen molar-refractivity contribution in [3.63, 3.8) is 0 Å². The zero-order chi connectivity index (χ0) is 11.9. The number of fused-ring (bicyclic) bond motifs is 1. The van der Waals surface area contributed by atoms with E-state index in [1.807, 2.05) is 0 Å². The summed E-state index contributed by atoms with van der Waals surface area (Å²) < 4.78 is 6.13. The fourth-order valence-corrected chi connectivity index (χ4v) is 2.82. The van der Waals surface area contributed by atoms with Crippen LogP contribution in [0, 0.1) is 0 Å². The predicted octanol–water partition coefficient (Wildman–Crippen LogP) is 2.13. The van der Waals surface area contributed by atoms with Gasteiger partial charge in [-0.1, -0.05) is 6.92 Å². The van der Waals surface area contributed by atoms with E-state index < -0.39 is 0 Å². The molecular weight excluding hydrogens is 212 g/mol. The number of nitrogens with zero attached hydrogens (tertiary/aromatic N) is 1. The molecular formula is C14H20N2O. The van der Waals surface area contributed by atoms with E-state index in [0.29, 0.717) is 0 Å². The average molecular weight is 232 g/mol. The zero-order valence-electron chi connectivity index (χ0n) is 10.6. The standard InChI is InChI=1S/C14H20N2O/c1-3-16-9-14(2,10-16)17-12-4-5-13-11(8-12)6-7-15-13/h4-5,8,15H,3,6-7,9-10H2,1-2H3. The molecule has 1 saturated heterocycles. The monoisotopic (exact) mass is 232 g/mol. The molecule has 3 rings (SSSR count). The third kappa shape index (κ3) is 2.00. The largest absolute Gasteiger partial charge is 0.485 e. The molecule has 1 aromatic rings. The molecule has 2 aliphatic heterocycles. The minimum atomic E-state index is 0.0102. The summed E-state index contributed by atoms with van der Waals surface area (Å²) in [7, 11) is 0. The highest BCUT2D eigenvalue weighted by molar-refractivity contribution is 5.57. The van der Waals surface area contributed by atoms with Gasteiger partial charge < -0.3 is 10.1 Å². The van der Waals surface area contributed by atoms with Crippen LogP contribution in [0.4, 0.5) is 5.69 Å². The maximum absolute atomic E-state index is 6.13. The third-order valence-corrected chi connectivity index (χ3v) is 3.71. The van der Waals surface area contributed by atoms with Crippen LogP contribution in [-0.2, 0) is 6.42 Å². The first kappa shape index (κ1) is 10.9. The van der Waals surface area contributed by atoms with Gasteiger partial charge in [-0.05, 0) is 43.7 Å². The number of benzene rings is 1. The Kier molecular flexibility index (Phi) is 2.51. The number of ether oxygens (including phenoxy) is 1. The first-order chi connectivity index (χ1) is 8.18. The molecule has 0 atom stereocenters. The molecule has 3 heteroatoms. The second-order valence-electron chi connectivity index (χ2n) is 5.35. The first-order valence-corrected chi connectivity index (χ1v) is 6.47. The highest BCUT2D eigenvalue weighted by Crippen LogP contribution is 2.31. The molecule has 0 amide bonds. The Balaban J connectivity index is 1.70. The van der Waals surface area contributed by atoms with Crippen LogP contribution in [0.1, 0.15) is 19.4 Å². The minimum absolute atomic E-state index is 0.0102. The minimum Gasteiger partial charge on any atom is -0.485 e. The quantitative estimate of drug-likeness (QED) is 0.864. The molecule has 0 unspecified atom stereocenters. The average Bonchev–Trinajstić information content (AvgIpc) is 2.72. The van der Waals surface area contributed by atoms with Gasteiger partial charge >= 0.3 is 0 Å². The lowest BCUT2D eigenvalue weighted by atomic mass is 9.96. The fourth-order valence-electron chi connectivity index (χ4n) is 2.82. The topological polar surface area (TPSA) is 24.5 Å². The van der Waals surface area contributed by atoms with Crippen LogP contribution in [0.2, 0.25) is 0 Å². The molecule has 0 radical (unpaired) electrons. The molecule has 3 nitrogen and oxygen atoms in total. The molecule has 17 heavy (non-hydrogen) atoms. The van der Waals surface area contributed by atoms with Crippen LogP contribution in [0.3, 0.4) is 0 Å². The summed E-state index contributed by atoms with van der Waals surface area (Å²) in [6.45, 7) is 8.65. The van der Waals surface area contributed by atoms with E-state index in [1.165, 1.54) is 11.3 Å². The van der Waals surface area contributed by atoms with Crippen molar-refractivity contribution in [2.24, 2.45) is 0 Å². The van der Waals surface area contributed by atoms with Gasteiger partial charge in [-0.2, -0.15) is 0 Å². The maximum atomic E-state index is 6.13. The molecule has 2 heterocycles. The molecule has 0 aliphatic carbocycles. The van der Waals surface area contributed by atoms with Crippen molar-refractivity contribution in [2.45, 2.75) is 25.9 Å².